The van der Waals surface area contributed by atoms with Gasteiger partial charge in [-0.1, -0.05) is 46.6 Å². The van der Waals surface area contributed by atoms with Gasteiger partial charge in [0.1, 0.15) is 0 Å². The maximum atomic E-state index is 11.6. The van der Waals surface area contributed by atoms with Crippen molar-refractivity contribution in [1.82, 2.24) is 0 Å². The summed E-state index contributed by atoms with van der Waals surface area (Å²) in [6.07, 6.45) is 11.9. The summed E-state index contributed by atoms with van der Waals surface area (Å²) in [6, 6.07) is 0. The number of hydrogen-bond acceptors (Lipinski definition) is 3. The molecule has 0 rings (SSSR count). The van der Waals surface area contributed by atoms with Crippen LogP contribution in [0.15, 0.2) is 46.6 Å². The van der Waals surface area contributed by atoms with Crippen LogP contribution in [0.5, 0.6) is 0 Å². The van der Waals surface area contributed by atoms with E-state index in [-0.39, 0.29) is 13.2 Å². The molecule has 0 amide bonds. The topological polar surface area (TPSA) is 77.8 Å². The number of aliphatic hydroxyl groups is 2. The average molecular weight is 371 g/mol. The molecule has 0 saturated carbocycles. The Morgan fingerprint density at radius 2 is 1.32 bits per heavy atom. The van der Waals surface area contributed by atoms with Crippen LogP contribution in [0.2, 0.25) is 0 Å². The van der Waals surface area contributed by atoms with Crippen LogP contribution in [0.3, 0.4) is 0 Å². The molecule has 0 bridgehead atoms. The highest BCUT2D eigenvalue weighted by Gasteiger charge is 2.11. The van der Waals surface area contributed by atoms with Crippen LogP contribution in [-0.2, 0) is 11.1 Å². The van der Waals surface area contributed by atoms with E-state index in [0.717, 1.165) is 42.4 Å². The van der Waals surface area contributed by atoms with Crippen LogP contribution in [0, 0.1) is 0 Å². The number of allylic oxidation sites excluding steroid dienone is 5. The SMILES string of the molecule is C/C(=C\CC/C(C)=C/CC(/C=C(\C)CC/C=C(\C)CO)S(=O)O)CO. The van der Waals surface area contributed by atoms with Crippen molar-refractivity contribution in [3.63, 3.8) is 0 Å². The molecular formula is C20H34O4S. The molecular weight excluding hydrogens is 336 g/mol. The lowest BCUT2D eigenvalue weighted by Gasteiger charge is -2.09. The third-order valence-electron chi connectivity index (χ3n) is 3.99. The molecule has 0 aliphatic heterocycles. The summed E-state index contributed by atoms with van der Waals surface area (Å²) in [6.45, 7) is 7.94. The summed E-state index contributed by atoms with van der Waals surface area (Å²) in [5, 5.41) is 17.5. The standard InChI is InChI=1S/C20H34O4S/c1-16(7-5-9-18(3)14-21)11-12-20(25(23)24)13-17(2)8-6-10-19(4)15-22/h9-11,13,20-22H,5-8,12,14-15H2,1-4H3,(H,23,24)/b16-11+,17-13+,18-9+,19-10+. The van der Waals surface area contributed by atoms with E-state index in [9.17, 15) is 8.76 Å². The lowest BCUT2D eigenvalue weighted by atomic mass is 10.1. The lowest BCUT2D eigenvalue weighted by molar-refractivity contribution is 0.330. The zero-order valence-corrected chi connectivity index (χ0v) is 16.8. The predicted molar refractivity (Wildman–Crippen MR) is 107 cm³/mol. The first-order valence-electron chi connectivity index (χ1n) is 8.75. The van der Waals surface area contributed by atoms with Gasteiger partial charge in [0.05, 0.1) is 18.5 Å². The summed E-state index contributed by atoms with van der Waals surface area (Å²) >= 11 is -1.89. The molecule has 3 N–H and O–H groups in total. The maximum Gasteiger partial charge on any atom is 0.160 e. The van der Waals surface area contributed by atoms with Crippen molar-refractivity contribution in [2.75, 3.05) is 13.2 Å². The summed E-state index contributed by atoms with van der Waals surface area (Å²) in [4.78, 5) is 0. The van der Waals surface area contributed by atoms with Gasteiger partial charge >= 0.3 is 0 Å². The quantitative estimate of drug-likeness (QED) is 0.354. The molecule has 0 fully saturated rings. The monoisotopic (exact) mass is 370 g/mol. The fourth-order valence-corrected chi connectivity index (χ4v) is 2.86. The van der Waals surface area contributed by atoms with Crippen LogP contribution >= 0.6 is 0 Å². The van der Waals surface area contributed by atoms with E-state index in [1.165, 1.54) is 5.57 Å². The second kappa shape index (κ2) is 14.2. The van der Waals surface area contributed by atoms with Gasteiger partial charge in [0, 0.05) is 0 Å². The molecule has 0 aromatic heterocycles. The minimum atomic E-state index is -1.89. The van der Waals surface area contributed by atoms with E-state index in [0.29, 0.717) is 6.42 Å². The van der Waals surface area contributed by atoms with Crippen molar-refractivity contribution < 1.29 is 19.0 Å². The van der Waals surface area contributed by atoms with Crippen LogP contribution in [0.4, 0.5) is 0 Å². The molecule has 0 heterocycles. The Balaban J connectivity index is 4.61. The van der Waals surface area contributed by atoms with E-state index in [1.54, 1.807) is 0 Å². The Bertz CT molecular complexity index is 530. The van der Waals surface area contributed by atoms with Gasteiger partial charge in [-0.2, -0.15) is 0 Å². The minimum absolute atomic E-state index is 0.0726. The molecule has 0 saturated heterocycles. The molecule has 2 unspecified atom stereocenters. The molecule has 5 heteroatoms. The molecule has 0 aliphatic rings. The maximum absolute atomic E-state index is 11.6. The summed E-state index contributed by atoms with van der Waals surface area (Å²) in [5.41, 5.74) is 4.18. The van der Waals surface area contributed by atoms with Gasteiger partial charge < -0.3 is 14.8 Å². The van der Waals surface area contributed by atoms with Crippen LogP contribution in [0.1, 0.15) is 59.8 Å². The Hall–Kier alpha value is -1.01. The van der Waals surface area contributed by atoms with Crippen LogP contribution < -0.4 is 0 Å². The highest BCUT2D eigenvalue weighted by atomic mass is 32.2. The fraction of sp³-hybridized carbons (Fsp3) is 0.600. The third kappa shape index (κ3) is 12.9. The highest BCUT2D eigenvalue weighted by molar-refractivity contribution is 7.80. The number of rotatable bonds is 12. The van der Waals surface area contributed by atoms with Gasteiger partial charge in [-0.05, 0) is 59.8 Å². The first kappa shape index (κ1) is 24.0. The Kier molecular flexibility index (Phi) is 13.6. The fourth-order valence-electron chi connectivity index (χ4n) is 2.25. The lowest BCUT2D eigenvalue weighted by Crippen LogP contribution is -2.11. The zero-order chi connectivity index (χ0) is 19.2. The van der Waals surface area contributed by atoms with Gasteiger partial charge in [0.2, 0.25) is 0 Å². The first-order chi connectivity index (χ1) is 11.8. The summed E-state index contributed by atoms with van der Waals surface area (Å²) < 4.78 is 21.1. The van der Waals surface area contributed by atoms with Gasteiger partial charge in [-0.15, -0.1) is 0 Å². The van der Waals surface area contributed by atoms with E-state index in [2.05, 4.69) is 0 Å². The second-order valence-electron chi connectivity index (χ2n) is 6.61. The third-order valence-corrected chi connectivity index (χ3v) is 4.84. The van der Waals surface area contributed by atoms with Gasteiger partial charge in [0.15, 0.2) is 11.1 Å². The normalized spacial score (nSPS) is 16.9. The molecule has 0 aromatic rings. The molecule has 0 aliphatic carbocycles. The first-order valence-corrected chi connectivity index (χ1v) is 9.92. The van der Waals surface area contributed by atoms with Gasteiger partial charge in [0.25, 0.3) is 0 Å². The number of aliphatic hydroxyl groups excluding tert-OH is 2. The number of hydrogen-bond donors (Lipinski definition) is 3. The molecule has 0 aromatic carbocycles. The van der Waals surface area contributed by atoms with Gasteiger partial charge in [-0.3, -0.25) is 0 Å². The van der Waals surface area contributed by atoms with E-state index in [4.69, 9.17) is 10.2 Å². The second-order valence-corrected chi connectivity index (χ2v) is 7.77. The Morgan fingerprint density at radius 1 is 0.840 bits per heavy atom. The van der Waals surface area contributed by atoms with Crippen molar-refractivity contribution in [2.24, 2.45) is 0 Å². The Labute approximate surface area is 155 Å². The van der Waals surface area contributed by atoms with Gasteiger partial charge in [-0.25, -0.2) is 4.21 Å². The van der Waals surface area contributed by atoms with Crippen molar-refractivity contribution in [1.29, 1.82) is 0 Å². The van der Waals surface area contributed by atoms with Crippen molar-refractivity contribution in [3.05, 3.63) is 46.6 Å². The molecule has 144 valence electrons. The molecule has 0 radical (unpaired) electrons. The summed E-state index contributed by atoms with van der Waals surface area (Å²) in [7, 11) is 0. The summed E-state index contributed by atoms with van der Waals surface area (Å²) in [5.74, 6) is 0. The molecule has 0 spiro atoms. The smallest absolute Gasteiger partial charge is 0.160 e. The molecule has 2 atom stereocenters. The van der Waals surface area contributed by atoms with Crippen molar-refractivity contribution >= 4 is 11.1 Å². The van der Waals surface area contributed by atoms with E-state index < -0.39 is 16.3 Å². The Morgan fingerprint density at radius 3 is 1.76 bits per heavy atom. The zero-order valence-electron chi connectivity index (χ0n) is 16.0. The average Bonchev–Trinajstić information content (AvgIpc) is 2.57. The van der Waals surface area contributed by atoms with Crippen LogP contribution in [0.25, 0.3) is 0 Å². The van der Waals surface area contributed by atoms with E-state index in [1.807, 2.05) is 52.0 Å². The molecule has 25 heavy (non-hydrogen) atoms. The van der Waals surface area contributed by atoms with E-state index >= 15 is 0 Å². The van der Waals surface area contributed by atoms with Crippen molar-refractivity contribution in [3.8, 4) is 0 Å². The van der Waals surface area contributed by atoms with Crippen LogP contribution in [-0.4, -0.2) is 37.4 Å². The largest absolute Gasteiger partial charge is 0.392 e. The molecule has 4 nitrogen and oxygen atoms in total. The minimum Gasteiger partial charge on any atom is -0.392 e. The van der Waals surface area contributed by atoms with Crippen molar-refractivity contribution in [2.45, 2.75) is 65.0 Å². The highest BCUT2D eigenvalue weighted by Crippen LogP contribution is 2.15. The predicted octanol–water partition coefficient (Wildman–Crippen LogP) is 4.30.